The molecule has 1 saturated heterocycles. The van der Waals surface area contributed by atoms with E-state index in [4.69, 9.17) is 4.74 Å². The largest absolute Gasteiger partial charge is 0.506 e. The number of ether oxygens (including phenoxy) is 1. The van der Waals surface area contributed by atoms with Crippen LogP contribution >= 0.6 is 0 Å². The molecular weight excluding hydrogens is 292 g/mol. The highest BCUT2D eigenvalue weighted by Gasteiger charge is 2.32. The highest BCUT2D eigenvalue weighted by atomic mass is 16.5. The van der Waals surface area contributed by atoms with Crippen molar-refractivity contribution in [2.45, 2.75) is 39.5 Å². The lowest BCUT2D eigenvalue weighted by Gasteiger charge is -2.19. The van der Waals surface area contributed by atoms with Crippen LogP contribution in [0.25, 0.3) is 0 Å². The van der Waals surface area contributed by atoms with Gasteiger partial charge >= 0.3 is 0 Å². The molecule has 2 aromatic rings. The highest BCUT2D eigenvalue weighted by molar-refractivity contribution is 5.27. The standard InChI is InChI=1S/C17H24N4O2/c1-3-21-8-7-19-17(21)16-13(6-9-23-16)10-18-11-14-15(22)5-4-12(2)20-14/h4-5,7-8,13,16,18,22H,3,6,9-11H2,1-2H3/t13-,16+/m0/s1. The lowest BCUT2D eigenvalue weighted by atomic mass is 10.0. The van der Waals surface area contributed by atoms with E-state index >= 15 is 0 Å². The van der Waals surface area contributed by atoms with Crippen LogP contribution in [0.3, 0.4) is 0 Å². The van der Waals surface area contributed by atoms with Crippen molar-refractivity contribution in [3.63, 3.8) is 0 Å². The smallest absolute Gasteiger partial charge is 0.138 e. The zero-order chi connectivity index (χ0) is 16.2. The fourth-order valence-corrected chi connectivity index (χ4v) is 3.08. The Kier molecular flexibility index (Phi) is 4.93. The van der Waals surface area contributed by atoms with E-state index in [1.807, 2.05) is 25.4 Å². The maximum Gasteiger partial charge on any atom is 0.138 e. The third-order valence-electron chi connectivity index (χ3n) is 4.35. The van der Waals surface area contributed by atoms with E-state index in [0.717, 1.165) is 37.6 Å². The number of rotatable bonds is 6. The molecule has 0 unspecified atom stereocenters. The van der Waals surface area contributed by atoms with Crippen LogP contribution in [-0.4, -0.2) is 32.8 Å². The van der Waals surface area contributed by atoms with E-state index in [2.05, 4.69) is 26.8 Å². The van der Waals surface area contributed by atoms with Crippen molar-refractivity contribution in [1.82, 2.24) is 19.9 Å². The monoisotopic (exact) mass is 316 g/mol. The Balaban J connectivity index is 1.60. The van der Waals surface area contributed by atoms with Crippen LogP contribution in [-0.2, 0) is 17.8 Å². The second-order valence-corrected chi connectivity index (χ2v) is 5.96. The van der Waals surface area contributed by atoms with Gasteiger partial charge in [0, 0.05) is 50.2 Å². The van der Waals surface area contributed by atoms with Gasteiger partial charge in [-0.1, -0.05) is 0 Å². The molecule has 0 spiro atoms. The predicted molar refractivity (Wildman–Crippen MR) is 87.0 cm³/mol. The molecule has 23 heavy (non-hydrogen) atoms. The van der Waals surface area contributed by atoms with Crippen LogP contribution in [0.5, 0.6) is 5.75 Å². The molecule has 6 heteroatoms. The molecule has 1 aliphatic rings. The Morgan fingerprint density at radius 3 is 3.13 bits per heavy atom. The number of pyridine rings is 1. The average molecular weight is 316 g/mol. The number of hydrogen-bond donors (Lipinski definition) is 2. The summed E-state index contributed by atoms with van der Waals surface area (Å²) in [5.74, 6) is 1.63. The second kappa shape index (κ2) is 7.10. The maximum absolute atomic E-state index is 9.86. The molecule has 2 N–H and O–H groups in total. The van der Waals surface area contributed by atoms with Crippen molar-refractivity contribution in [3.05, 3.63) is 41.7 Å². The van der Waals surface area contributed by atoms with Gasteiger partial charge in [0.2, 0.25) is 0 Å². The van der Waals surface area contributed by atoms with Crippen LogP contribution < -0.4 is 5.32 Å². The van der Waals surface area contributed by atoms with Gasteiger partial charge in [0.15, 0.2) is 0 Å². The van der Waals surface area contributed by atoms with Gasteiger partial charge in [0.1, 0.15) is 17.7 Å². The Morgan fingerprint density at radius 1 is 1.43 bits per heavy atom. The molecule has 3 heterocycles. The van der Waals surface area contributed by atoms with Gasteiger partial charge < -0.3 is 19.7 Å². The number of imidazole rings is 1. The average Bonchev–Trinajstić information content (AvgIpc) is 3.18. The number of nitrogens with zero attached hydrogens (tertiary/aromatic N) is 3. The van der Waals surface area contributed by atoms with Crippen molar-refractivity contribution in [3.8, 4) is 5.75 Å². The van der Waals surface area contributed by atoms with E-state index in [9.17, 15) is 5.11 Å². The van der Waals surface area contributed by atoms with Crippen molar-refractivity contribution in [2.75, 3.05) is 13.2 Å². The van der Waals surface area contributed by atoms with E-state index in [1.54, 1.807) is 6.07 Å². The first-order valence-electron chi connectivity index (χ1n) is 8.18. The third-order valence-corrected chi connectivity index (χ3v) is 4.35. The molecule has 0 radical (unpaired) electrons. The summed E-state index contributed by atoms with van der Waals surface area (Å²) in [6.07, 6.45) is 4.88. The van der Waals surface area contributed by atoms with Crippen LogP contribution in [0.2, 0.25) is 0 Å². The van der Waals surface area contributed by atoms with Crippen LogP contribution in [0.4, 0.5) is 0 Å². The van der Waals surface area contributed by atoms with Crippen molar-refractivity contribution in [1.29, 1.82) is 0 Å². The molecule has 1 fully saturated rings. The molecular formula is C17H24N4O2. The minimum absolute atomic E-state index is 0.0384. The van der Waals surface area contributed by atoms with E-state index < -0.39 is 0 Å². The van der Waals surface area contributed by atoms with Crippen molar-refractivity contribution >= 4 is 0 Å². The molecule has 0 bridgehead atoms. The number of aromatic hydroxyl groups is 1. The quantitative estimate of drug-likeness (QED) is 0.854. The van der Waals surface area contributed by atoms with Gasteiger partial charge in [-0.3, -0.25) is 4.98 Å². The fraction of sp³-hybridized carbons (Fsp3) is 0.529. The summed E-state index contributed by atoms with van der Waals surface area (Å²) in [6.45, 7) is 7.07. The minimum Gasteiger partial charge on any atom is -0.506 e. The Morgan fingerprint density at radius 2 is 2.30 bits per heavy atom. The Labute approximate surface area is 136 Å². The summed E-state index contributed by atoms with van der Waals surface area (Å²) in [7, 11) is 0. The highest BCUT2D eigenvalue weighted by Crippen LogP contribution is 2.33. The van der Waals surface area contributed by atoms with E-state index in [0.29, 0.717) is 18.2 Å². The summed E-state index contributed by atoms with van der Waals surface area (Å²) in [5.41, 5.74) is 1.60. The zero-order valence-electron chi connectivity index (χ0n) is 13.7. The van der Waals surface area contributed by atoms with Gasteiger partial charge in [-0.2, -0.15) is 0 Å². The normalized spacial score (nSPS) is 21.0. The molecule has 0 amide bonds. The van der Waals surface area contributed by atoms with Crippen LogP contribution in [0.1, 0.15) is 36.7 Å². The van der Waals surface area contributed by atoms with E-state index in [1.165, 1.54) is 0 Å². The number of aromatic nitrogens is 3. The van der Waals surface area contributed by atoms with Crippen LogP contribution in [0, 0.1) is 12.8 Å². The minimum atomic E-state index is 0.0384. The number of aryl methyl sites for hydroxylation is 2. The molecule has 2 aromatic heterocycles. The van der Waals surface area contributed by atoms with Gasteiger partial charge in [0.25, 0.3) is 0 Å². The lowest BCUT2D eigenvalue weighted by molar-refractivity contribution is 0.0803. The second-order valence-electron chi connectivity index (χ2n) is 5.96. The zero-order valence-corrected chi connectivity index (χ0v) is 13.7. The molecule has 0 saturated carbocycles. The molecule has 1 aliphatic heterocycles. The van der Waals surface area contributed by atoms with Gasteiger partial charge in [0.05, 0.1) is 5.69 Å². The van der Waals surface area contributed by atoms with Gasteiger partial charge in [-0.25, -0.2) is 4.98 Å². The van der Waals surface area contributed by atoms with Gasteiger partial charge in [-0.15, -0.1) is 0 Å². The SMILES string of the molecule is CCn1ccnc1[C@@H]1OCC[C@H]1CNCc1nc(C)ccc1O. The number of hydrogen-bond acceptors (Lipinski definition) is 5. The van der Waals surface area contributed by atoms with Crippen molar-refractivity contribution < 1.29 is 9.84 Å². The Bertz CT molecular complexity index is 656. The molecule has 3 rings (SSSR count). The first kappa shape index (κ1) is 16.0. The summed E-state index contributed by atoms with van der Waals surface area (Å²) in [4.78, 5) is 8.84. The van der Waals surface area contributed by atoms with Gasteiger partial charge in [-0.05, 0) is 32.4 Å². The van der Waals surface area contributed by atoms with E-state index in [-0.39, 0.29) is 11.9 Å². The lowest BCUT2D eigenvalue weighted by Crippen LogP contribution is -2.26. The molecule has 2 atom stereocenters. The summed E-state index contributed by atoms with van der Waals surface area (Å²) in [5, 5.41) is 13.3. The summed E-state index contributed by atoms with van der Waals surface area (Å²) < 4.78 is 8.05. The van der Waals surface area contributed by atoms with Crippen LogP contribution in [0.15, 0.2) is 24.5 Å². The topological polar surface area (TPSA) is 72.2 Å². The first-order chi connectivity index (χ1) is 11.2. The van der Waals surface area contributed by atoms with Crippen molar-refractivity contribution in [2.24, 2.45) is 5.92 Å². The molecule has 124 valence electrons. The third kappa shape index (κ3) is 3.54. The molecule has 0 aliphatic carbocycles. The number of nitrogens with one attached hydrogen (secondary N) is 1. The fourth-order valence-electron chi connectivity index (χ4n) is 3.08. The molecule has 6 nitrogen and oxygen atoms in total. The summed E-state index contributed by atoms with van der Waals surface area (Å²) >= 11 is 0. The predicted octanol–water partition coefficient (Wildman–Crippen LogP) is 2.18. The Hall–Kier alpha value is -1.92. The molecule has 0 aromatic carbocycles. The first-order valence-corrected chi connectivity index (χ1v) is 8.18. The maximum atomic E-state index is 9.86. The summed E-state index contributed by atoms with van der Waals surface area (Å²) in [6, 6.07) is 3.50.